The molecule has 1 aliphatic heterocycles. The zero-order chi connectivity index (χ0) is 25.2. The highest BCUT2D eigenvalue weighted by molar-refractivity contribution is 6.35. The minimum Gasteiger partial charge on any atom is -0.493 e. The number of carbonyl (C=O) groups excluding carboxylic acids is 3. The molecule has 1 fully saturated rings. The summed E-state index contributed by atoms with van der Waals surface area (Å²) in [5, 5.41) is 9.20. The highest BCUT2D eigenvalue weighted by Crippen LogP contribution is 2.36. The number of nitrogens with zero attached hydrogens (tertiary/aromatic N) is 1. The van der Waals surface area contributed by atoms with E-state index < -0.39 is 11.8 Å². The molecule has 186 valence electrons. The van der Waals surface area contributed by atoms with E-state index in [1.165, 1.54) is 19.4 Å². The highest BCUT2D eigenvalue weighted by atomic mass is 35.5. The van der Waals surface area contributed by atoms with Gasteiger partial charge in [-0.05, 0) is 49.6 Å². The van der Waals surface area contributed by atoms with Crippen molar-refractivity contribution in [1.82, 2.24) is 10.7 Å². The molecule has 1 heterocycles. The average Bonchev–Trinajstić information content (AvgIpc) is 3.36. The number of ether oxygens (including phenoxy) is 3. The molecule has 0 radical (unpaired) electrons. The van der Waals surface area contributed by atoms with Crippen molar-refractivity contribution in [2.75, 3.05) is 32.2 Å². The van der Waals surface area contributed by atoms with Crippen LogP contribution in [0.2, 0.25) is 5.02 Å². The number of carbonyl (C=O) groups is 3. The Kier molecular flexibility index (Phi) is 9.45. The molecule has 1 aliphatic rings. The van der Waals surface area contributed by atoms with Crippen molar-refractivity contribution in [3.63, 3.8) is 0 Å². The van der Waals surface area contributed by atoms with Crippen LogP contribution in [-0.4, -0.2) is 56.9 Å². The van der Waals surface area contributed by atoms with Gasteiger partial charge in [-0.2, -0.15) is 5.10 Å². The zero-order valence-electron chi connectivity index (χ0n) is 19.4. The Morgan fingerprint density at radius 3 is 2.66 bits per heavy atom. The third-order valence-corrected chi connectivity index (χ3v) is 5.32. The monoisotopic (exact) mass is 502 g/mol. The van der Waals surface area contributed by atoms with Crippen molar-refractivity contribution in [2.24, 2.45) is 5.10 Å². The first kappa shape index (κ1) is 26.0. The Morgan fingerprint density at radius 1 is 1.20 bits per heavy atom. The molecular weight excluding hydrogens is 476 g/mol. The summed E-state index contributed by atoms with van der Waals surface area (Å²) in [6.45, 7) is 2.60. The molecule has 0 aromatic heterocycles. The minimum atomic E-state index is -0.906. The molecule has 2 aromatic rings. The predicted molar refractivity (Wildman–Crippen MR) is 131 cm³/mol. The van der Waals surface area contributed by atoms with Gasteiger partial charge in [0.05, 0.1) is 24.5 Å². The zero-order valence-corrected chi connectivity index (χ0v) is 20.2. The maximum absolute atomic E-state index is 12.2. The van der Waals surface area contributed by atoms with Crippen LogP contribution in [0.25, 0.3) is 0 Å². The van der Waals surface area contributed by atoms with Crippen molar-refractivity contribution in [3.05, 3.63) is 52.5 Å². The fourth-order valence-corrected chi connectivity index (χ4v) is 3.51. The van der Waals surface area contributed by atoms with Crippen molar-refractivity contribution >= 4 is 41.2 Å². The van der Waals surface area contributed by atoms with Gasteiger partial charge in [-0.3, -0.25) is 14.4 Å². The Balaban J connectivity index is 1.52. The minimum absolute atomic E-state index is 0.0701. The summed E-state index contributed by atoms with van der Waals surface area (Å²) in [6, 6.07) is 10.4. The third-order valence-electron chi connectivity index (χ3n) is 5.03. The number of hydrogen-bond acceptors (Lipinski definition) is 7. The second kappa shape index (κ2) is 12.7. The smallest absolute Gasteiger partial charge is 0.329 e. The lowest BCUT2D eigenvalue weighted by molar-refractivity contribution is -0.139. The molecule has 3 rings (SSSR count). The standard InChI is InChI=1S/C24H27ClN4O6/c1-15-5-7-17(8-6-15)28-21(30)14-35-22-19(25)10-16(11-20(22)33-2)12-27-29-24(32)23(31)26-13-18-4-3-9-34-18/h5-8,10-12,18H,3-4,9,13-14H2,1-2H3,(H,26,31)(H,28,30)(H,29,32)/b27-12-/t18-/m1/s1. The molecule has 0 bridgehead atoms. The predicted octanol–water partition coefficient (Wildman–Crippen LogP) is 2.42. The maximum atomic E-state index is 12.2. The summed E-state index contributed by atoms with van der Waals surface area (Å²) < 4.78 is 16.3. The molecule has 0 spiro atoms. The lowest BCUT2D eigenvalue weighted by Crippen LogP contribution is -2.41. The van der Waals surface area contributed by atoms with Crippen molar-refractivity contribution < 1.29 is 28.6 Å². The van der Waals surface area contributed by atoms with Gasteiger partial charge < -0.3 is 24.8 Å². The number of amides is 3. The molecule has 0 saturated carbocycles. The number of halogens is 1. The van der Waals surface area contributed by atoms with Gasteiger partial charge in [-0.1, -0.05) is 29.3 Å². The van der Waals surface area contributed by atoms with Crippen LogP contribution in [0.1, 0.15) is 24.0 Å². The van der Waals surface area contributed by atoms with Crippen LogP contribution in [0.5, 0.6) is 11.5 Å². The van der Waals surface area contributed by atoms with Crippen molar-refractivity contribution in [2.45, 2.75) is 25.9 Å². The van der Waals surface area contributed by atoms with Gasteiger partial charge in [0.1, 0.15) is 0 Å². The van der Waals surface area contributed by atoms with E-state index >= 15 is 0 Å². The number of benzene rings is 2. The van der Waals surface area contributed by atoms with Gasteiger partial charge in [0.25, 0.3) is 5.91 Å². The molecule has 0 unspecified atom stereocenters. The van der Waals surface area contributed by atoms with Gasteiger partial charge in [0, 0.05) is 18.8 Å². The van der Waals surface area contributed by atoms with Crippen LogP contribution in [0.15, 0.2) is 41.5 Å². The van der Waals surface area contributed by atoms with E-state index in [0.717, 1.165) is 18.4 Å². The van der Waals surface area contributed by atoms with E-state index in [2.05, 4.69) is 21.2 Å². The van der Waals surface area contributed by atoms with Crippen LogP contribution >= 0.6 is 11.6 Å². The Morgan fingerprint density at radius 2 is 1.97 bits per heavy atom. The molecule has 10 nitrogen and oxygen atoms in total. The SMILES string of the molecule is COc1cc(/C=N\NC(=O)C(=O)NC[C@H]2CCCO2)cc(Cl)c1OCC(=O)Nc1ccc(C)cc1. The number of anilines is 1. The van der Waals surface area contributed by atoms with E-state index in [-0.39, 0.29) is 41.7 Å². The van der Waals surface area contributed by atoms with Crippen LogP contribution < -0.4 is 25.5 Å². The van der Waals surface area contributed by atoms with E-state index in [4.69, 9.17) is 25.8 Å². The van der Waals surface area contributed by atoms with E-state index in [9.17, 15) is 14.4 Å². The first-order valence-electron chi connectivity index (χ1n) is 11.0. The lowest BCUT2D eigenvalue weighted by atomic mass is 10.2. The topological polar surface area (TPSA) is 127 Å². The first-order valence-corrected chi connectivity index (χ1v) is 11.3. The molecule has 11 heteroatoms. The van der Waals surface area contributed by atoms with E-state index in [0.29, 0.717) is 17.9 Å². The van der Waals surface area contributed by atoms with Gasteiger partial charge in [-0.25, -0.2) is 5.43 Å². The largest absolute Gasteiger partial charge is 0.493 e. The van der Waals surface area contributed by atoms with Crippen LogP contribution in [-0.2, 0) is 19.1 Å². The normalized spacial score (nSPS) is 15.0. The van der Waals surface area contributed by atoms with Crippen LogP contribution in [0, 0.1) is 6.92 Å². The van der Waals surface area contributed by atoms with Crippen molar-refractivity contribution in [1.29, 1.82) is 0 Å². The summed E-state index contributed by atoms with van der Waals surface area (Å²) in [4.78, 5) is 36.0. The number of rotatable bonds is 9. The molecule has 0 aliphatic carbocycles. The number of methoxy groups -OCH3 is 1. The highest BCUT2D eigenvalue weighted by Gasteiger charge is 2.19. The maximum Gasteiger partial charge on any atom is 0.329 e. The molecule has 3 N–H and O–H groups in total. The molecule has 2 aromatic carbocycles. The Labute approximate surface area is 208 Å². The lowest BCUT2D eigenvalue weighted by Gasteiger charge is -2.13. The molecule has 1 saturated heterocycles. The summed E-state index contributed by atoms with van der Waals surface area (Å²) in [7, 11) is 1.42. The second-order valence-corrected chi connectivity index (χ2v) is 8.19. The molecule has 1 atom stereocenters. The van der Waals surface area contributed by atoms with Gasteiger partial charge in [0.2, 0.25) is 0 Å². The number of nitrogens with one attached hydrogen (secondary N) is 3. The quantitative estimate of drug-likeness (QED) is 0.274. The summed E-state index contributed by atoms with van der Waals surface area (Å²) in [5.41, 5.74) is 4.36. The van der Waals surface area contributed by atoms with Gasteiger partial charge >= 0.3 is 11.8 Å². The van der Waals surface area contributed by atoms with Crippen LogP contribution in [0.4, 0.5) is 5.69 Å². The number of aryl methyl sites for hydroxylation is 1. The second-order valence-electron chi connectivity index (χ2n) is 7.78. The van der Waals surface area contributed by atoms with Gasteiger partial charge in [-0.15, -0.1) is 0 Å². The number of hydrogen-bond donors (Lipinski definition) is 3. The Bertz CT molecular complexity index is 1080. The number of hydrazone groups is 1. The Hall–Kier alpha value is -3.63. The van der Waals surface area contributed by atoms with E-state index in [1.807, 2.05) is 19.1 Å². The van der Waals surface area contributed by atoms with Crippen molar-refractivity contribution in [3.8, 4) is 11.5 Å². The summed E-state index contributed by atoms with van der Waals surface area (Å²) in [5.74, 6) is -1.62. The summed E-state index contributed by atoms with van der Waals surface area (Å²) >= 11 is 6.31. The first-order chi connectivity index (χ1) is 16.9. The van der Waals surface area contributed by atoms with Crippen LogP contribution in [0.3, 0.4) is 0 Å². The molecular formula is C24H27ClN4O6. The average molecular weight is 503 g/mol. The fraction of sp³-hybridized carbons (Fsp3) is 0.333. The molecule has 35 heavy (non-hydrogen) atoms. The fourth-order valence-electron chi connectivity index (χ4n) is 3.23. The third kappa shape index (κ3) is 7.97. The molecule has 3 amide bonds. The van der Waals surface area contributed by atoms with E-state index in [1.54, 1.807) is 18.2 Å². The van der Waals surface area contributed by atoms with Gasteiger partial charge in [0.15, 0.2) is 18.1 Å². The summed E-state index contributed by atoms with van der Waals surface area (Å²) in [6.07, 6.45) is 3.01.